The van der Waals surface area contributed by atoms with E-state index in [1.54, 1.807) is 0 Å². The summed E-state index contributed by atoms with van der Waals surface area (Å²) in [4.78, 5) is 0. The monoisotopic (exact) mass is 136 g/mol. The van der Waals surface area contributed by atoms with E-state index < -0.39 is 0 Å². The minimum atomic E-state index is 0. The average Bonchev–Trinajstić information content (AvgIpc) is 0. The summed E-state index contributed by atoms with van der Waals surface area (Å²) < 4.78 is 0. The third kappa shape index (κ3) is 48.0. The molecule has 0 aromatic carbocycles. The standard InChI is InChI=1S/Al.Cr.3H2O.3H/h;;3*1H2;;;. The predicted octanol–water partition coefficient (Wildman–Crippen LogP) is -3.66. The molecule has 0 saturated carbocycles. The van der Waals surface area contributed by atoms with Crippen LogP contribution < -0.4 is 0 Å². The molecule has 0 amide bonds. The second-order valence-electron chi connectivity index (χ2n) is 0. The average molecular weight is 136 g/mol. The molecule has 0 aromatic rings. The maximum Gasteiger partial charge on any atom is 0.187 e. The van der Waals surface area contributed by atoms with Crippen LogP contribution in [0.2, 0.25) is 0 Å². The zero-order valence-electron chi connectivity index (χ0n) is 1.91. The zero-order valence-corrected chi connectivity index (χ0v) is 3.18. The van der Waals surface area contributed by atoms with E-state index in [0.29, 0.717) is 0 Å². The molecule has 0 aliphatic heterocycles. The van der Waals surface area contributed by atoms with Gasteiger partial charge in [0.15, 0.2) is 17.4 Å². The Morgan fingerprint density at radius 2 is 0.600 bits per heavy atom. The van der Waals surface area contributed by atoms with Crippen molar-refractivity contribution in [2.75, 3.05) is 0 Å². The van der Waals surface area contributed by atoms with Gasteiger partial charge in [-0.3, -0.25) is 0 Å². The van der Waals surface area contributed by atoms with Crippen molar-refractivity contribution in [3.63, 3.8) is 0 Å². The van der Waals surface area contributed by atoms with Crippen LogP contribution in [-0.4, -0.2) is 33.8 Å². The first kappa shape index (κ1) is 163. The Morgan fingerprint density at radius 1 is 0.600 bits per heavy atom. The summed E-state index contributed by atoms with van der Waals surface area (Å²) in [6.07, 6.45) is 0. The Balaban J connectivity index is 0. The fourth-order valence-electron chi connectivity index (χ4n) is 0. The number of hydrogen-bond donors (Lipinski definition) is 0. The molecule has 3 nitrogen and oxygen atoms in total. The van der Waals surface area contributed by atoms with Gasteiger partial charge in [-0.1, -0.05) is 0 Å². The van der Waals surface area contributed by atoms with Gasteiger partial charge in [0.1, 0.15) is 0 Å². The van der Waals surface area contributed by atoms with Crippen molar-refractivity contribution in [1.82, 2.24) is 0 Å². The van der Waals surface area contributed by atoms with Crippen LogP contribution in [0.3, 0.4) is 0 Å². The van der Waals surface area contributed by atoms with Crippen LogP contribution in [0.4, 0.5) is 0 Å². The van der Waals surface area contributed by atoms with Crippen molar-refractivity contribution < 1.29 is 33.8 Å². The summed E-state index contributed by atoms with van der Waals surface area (Å²) in [5.74, 6) is 0. The summed E-state index contributed by atoms with van der Waals surface area (Å²) >= 11 is 0. The van der Waals surface area contributed by atoms with Gasteiger partial charge in [0, 0.05) is 17.4 Å². The molecule has 5 heavy (non-hydrogen) atoms. The predicted molar refractivity (Wildman–Crippen MR) is 20.8 cm³/mol. The van der Waals surface area contributed by atoms with E-state index in [4.69, 9.17) is 0 Å². The van der Waals surface area contributed by atoms with E-state index in [9.17, 15) is 0 Å². The maximum absolute atomic E-state index is 0. The Labute approximate surface area is 51.6 Å². The molecule has 0 rings (SSSR count). The minimum absolute atomic E-state index is 0. The van der Waals surface area contributed by atoms with Gasteiger partial charge >= 0.3 is 0 Å². The van der Waals surface area contributed by atoms with E-state index in [0.717, 1.165) is 0 Å². The summed E-state index contributed by atoms with van der Waals surface area (Å²) in [6, 6.07) is 0. The van der Waals surface area contributed by atoms with Gasteiger partial charge in [-0.05, 0) is 0 Å². The van der Waals surface area contributed by atoms with Crippen LogP contribution in [0.25, 0.3) is 0 Å². The fourth-order valence-corrected chi connectivity index (χ4v) is 0. The first-order valence-corrected chi connectivity index (χ1v) is 0. The van der Waals surface area contributed by atoms with Crippen LogP contribution in [0.15, 0.2) is 0 Å². The first-order valence-electron chi connectivity index (χ1n) is 0. The summed E-state index contributed by atoms with van der Waals surface area (Å²) in [5.41, 5.74) is 0. The third-order valence-corrected chi connectivity index (χ3v) is 0. The van der Waals surface area contributed by atoms with Gasteiger partial charge in [-0.25, -0.2) is 0 Å². The molecule has 0 atom stereocenters. The summed E-state index contributed by atoms with van der Waals surface area (Å²) in [6.45, 7) is 0. The van der Waals surface area contributed by atoms with Crippen LogP contribution in [0, 0.1) is 0 Å². The second-order valence-corrected chi connectivity index (χ2v) is 0. The van der Waals surface area contributed by atoms with Gasteiger partial charge < -0.3 is 16.4 Å². The SMILES string of the molecule is O.O.O.[AlH3].[Cr]. The molecule has 6 N–H and O–H groups in total. The van der Waals surface area contributed by atoms with Crippen LogP contribution >= 0.6 is 0 Å². The van der Waals surface area contributed by atoms with E-state index in [1.165, 1.54) is 0 Å². The van der Waals surface area contributed by atoms with Gasteiger partial charge in [-0.2, -0.15) is 0 Å². The van der Waals surface area contributed by atoms with Crippen molar-refractivity contribution in [1.29, 1.82) is 0 Å². The topological polar surface area (TPSA) is 94.5 Å². The molecule has 0 saturated heterocycles. The zero-order chi connectivity index (χ0) is 0. The van der Waals surface area contributed by atoms with Gasteiger partial charge in [0.25, 0.3) is 0 Å². The van der Waals surface area contributed by atoms with E-state index >= 15 is 0 Å². The molecule has 0 heterocycles. The quantitative estimate of drug-likeness (QED) is 0.307. The molecule has 0 radical (unpaired) electrons. The maximum atomic E-state index is 0. The van der Waals surface area contributed by atoms with Crippen LogP contribution in [-0.2, 0) is 17.4 Å². The molecule has 0 unspecified atom stereocenters. The number of hydrogen-bond acceptors (Lipinski definition) is 0. The molecule has 0 aromatic heterocycles. The fraction of sp³-hybridized carbons (Fsp3) is 0. The molecular formula is H9AlCrO3. The van der Waals surface area contributed by atoms with E-state index in [2.05, 4.69) is 0 Å². The summed E-state index contributed by atoms with van der Waals surface area (Å²) in [7, 11) is 0. The third-order valence-electron chi connectivity index (χ3n) is 0. The van der Waals surface area contributed by atoms with E-state index in [-0.39, 0.29) is 51.2 Å². The van der Waals surface area contributed by atoms with Gasteiger partial charge in [-0.15, -0.1) is 0 Å². The van der Waals surface area contributed by atoms with Crippen molar-refractivity contribution in [2.45, 2.75) is 0 Å². The second kappa shape index (κ2) is 86.2. The molecule has 5 heteroatoms. The largest absolute Gasteiger partial charge is 0.412 e. The Hall–Kier alpha value is 0.945. The molecule has 36 valence electrons. The van der Waals surface area contributed by atoms with Crippen molar-refractivity contribution in [3.05, 3.63) is 0 Å². The van der Waals surface area contributed by atoms with E-state index in [1.807, 2.05) is 0 Å². The van der Waals surface area contributed by atoms with Crippen molar-refractivity contribution >= 4 is 17.4 Å². The Kier molecular flexibility index (Phi) is 2810. The Morgan fingerprint density at radius 3 is 0.600 bits per heavy atom. The smallest absolute Gasteiger partial charge is 0.187 e. The molecule has 0 aliphatic carbocycles. The molecule has 0 spiro atoms. The molecular weight excluding hydrogens is 127 g/mol. The Bertz CT molecular complexity index is 6.85. The normalized spacial score (nSPS) is 0. The van der Waals surface area contributed by atoms with Crippen molar-refractivity contribution in [3.8, 4) is 0 Å². The van der Waals surface area contributed by atoms with Crippen molar-refractivity contribution in [2.24, 2.45) is 0 Å². The minimum Gasteiger partial charge on any atom is -0.412 e. The number of rotatable bonds is 0. The summed E-state index contributed by atoms with van der Waals surface area (Å²) in [5, 5.41) is 0. The van der Waals surface area contributed by atoms with Gasteiger partial charge in [0.05, 0.1) is 0 Å². The molecule has 0 bridgehead atoms. The van der Waals surface area contributed by atoms with Crippen LogP contribution in [0.5, 0.6) is 0 Å². The van der Waals surface area contributed by atoms with Gasteiger partial charge in [0.2, 0.25) is 0 Å². The molecule has 0 aliphatic rings. The first-order chi connectivity index (χ1) is 0. The van der Waals surface area contributed by atoms with Crippen LogP contribution in [0.1, 0.15) is 0 Å². The molecule has 0 fully saturated rings.